The molecular formula is C17H24N2O4S. The molecule has 0 bridgehead atoms. The molecule has 1 aliphatic rings. The first-order valence-electron chi connectivity index (χ1n) is 8.13. The number of urea groups is 1. The van der Waals surface area contributed by atoms with Crippen molar-refractivity contribution >= 4 is 21.7 Å². The summed E-state index contributed by atoms with van der Waals surface area (Å²) in [6.45, 7) is -0.111. The zero-order valence-corrected chi connectivity index (χ0v) is 14.6. The first kappa shape index (κ1) is 18.4. The van der Waals surface area contributed by atoms with Gasteiger partial charge in [0.25, 0.3) is 0 Å². The number of benzene rings is 1. The van der Waals surface area contributed by atoms with Crippen LogP contribution in [0.15, 0.2) is 29.2 Å². The van der Waals surface area contributed by atoms with E-state index in [4.69, 9.17) is 5.73 Å². The molecule has 1 saturated carbocycles. The lowest BCUT2D eigenvalue weighted by molar-refractivity contribution is -0.119. The van der Waals surface area contributed by atoms with E-state index in [0.717, 1.165) is 31.1 Å². The zero-order valence-electron chi connectivity index (χ0n) is 13.8. The maximum absolute atomic E-state index is 12.5. The molecule has 1 aromatic carbocycles. The van der Waals surface area contributed by atoms with Gasteiger partial charge in [-0.15, -0.1) is 0 Å². The number of sulfone groups is 1. The van der Waals surface area contributed by atoms with E-state index in [2.05, 4.69) is 5.32 Å². The number of ketones is 1. The van der Waals surface area contributed by atoms with Gasteiger partial charge in [0.1, 0.15) is 0 Å². The molecule has 3 N–H and O–H groups in total. The van der Waals surface area contributed by atoms with E-state index in [1.807, 2.05) is 0 Å². The Morgan fingerprint density at radius 3 is 2.29 bits per heavy atom. The van der Waals surface area contributed by atoms with Crippen LogP contribution in [-0.2, 0) is 14.6 Å². The molecule has 2 rings (SSSR count). The SMILES string of the molecule is CS(=O)(=O)c1ccc(C(CC2CCCC2)C(=O)CNC(N)=O)cc1. The largest absolute Gasteiger partial charge is 0.352 e. The second-order valence-corrected chi connectivity index (χ2v) is 8.48. The van der Waals surface area contributed by atoms with Crippen LogP contribution in [-0.4, -0.2) is 33.0 Å². The average molecular weight is 352 g/mol. The van der Waals surface area contributed by atoms with E-state index in [9.17, 15) is 18.0 Å². The Kier molecular flexibility index (Phi) is 5.99. The van der Waals surface area contributed by atoms with Gasteiger partial charge in [-0.05, 0) is 30.0 Å². The van der Waals surface area contributed by atoms with Crippen LogP contribution in [0.2, 0.25) is 0 Å². The number of carbonyl (C=O) groups excluding carboxylic acids is 2. The molecule has 7 heteroatoms. The van der Waals surface area contributed by atoms with Crippen molar-refractivity contribution < 1.29 is 18.0 Å². The van der Waals surface area contributed by atoms with Gasteiger partial charge in [-0.2, -0.15) is 0 Å². The lowest BCUT2D eigenvalue weighted by Gasteiger charge is -2.20. The van der Waals surface area contributed by atoms with E-state index in [1.165, 1.54) is 25.0 Å². The topological polar surface area (TPSA) is 106 Å². The molecule has 132 valence electrons. The van der Waals surface area contributed by atoms with Gasteiger partial charge >= 0.3 is 6.03 Å². The third-order valence-corrected chi connectivity index (χ3v) is 5.71. The van der Waals surface area contributed by atoms with Gasteiger partial charge in [0.05, 0.1) is 11.4 Å². The second-order valence-electron chi connectivity index (χ2n) is 6.46. The molecule has 1 unspecified atom stereocenters. The molecule has 0 heterocycles. The molecule has 1 atom stereocenters. The van der Waals surface area contributed by atoms with Gasteiger partial charge in [0.2, 0.25) is 0 Å². The van der Waals surface area contributed by atoms with Crippen molar-refractivity contribution in [3.05, 3.63) is 29.8 Å². The van der Waals surface area contributed by atoms with Crippen molar-refractivity contribution in [1.82, 2.24) is 5.32 Å². The maximum Gasteiger partial charge on any atom is 0.312 e. The highest BCUT2D eigenvalue weighted by Gasteiger charge is 2.26. The molecule has 0 spiro atoms. The third-order valence-electron chi connectivity index (χ3n) is 4.58. The minimum Gasteiger partial charge on any atom is -0.352 e. The van der Waals surface area contributed by atoms with Crippen molar-refractivity contribution in [2.75, 3.05) is 12.8 Å². The van der Waals surface area contributed by atoms with E-state index < -0.39 is 15.9 Å². The fourth-order valence-electron chi connectivity index (χ4n) is 3.28. The summed E-state index contributed by atoms with van der Waals surface area (Å²) >= 11 is 0. The summed E-state index contributed by atoms with van der Waals surface area (Å²) in [5.41, 5.74) is 5.82. The summed E-state index contributed by atoms with van der Waals surface area (Å²) in [4.78, 5) is 23.6. The number of nitrogens with one attached hydrogen (secondary N) is 1. The fraction of sp³-hybridized carbons (Fsp3) is 0.529. The maximum atomic E-state index is 12.5. The van der Waals surface area contributed by atoms with Gasteiger partial charge in [-0.1, -0.05) is 37.8 Å². The van der Waals surface area contributed by atoms with Gasteiger partial charge in [0.15, 0.2) is 15.6 Å². The van der Waals surface area contributed by atoms with Crippen molar-refractivity contribution in [2.45, 2.75) is 42.9 Å². The Hall–Kier alpha value is -1.89. The van der Waals surface area contributed by atoms with Crippen LogP contribution < -0.4 is 11.1 Å². The van der Waals surface area contributed by atoms with Gasteiger partial charge < -0.3 is 11.1 Å². The average Bonchev–Trinajstić information content (AvgIpc) is 3.02. The highest BCUT2D eigenvalue weighted by atomic mass is 32.2. The number of amides is 2. The molecule has 0 radical (unpaired) electrons. The number of primary amides is 1. The summed E-state index contributed by atoms with van der Waals surface area (Å²) in [5, 5.41) is 2.35. The minimum atomic E-state index is -3.27. The number of hydrogen-bond donors (Lipinski definition) is 2. The molecular weight excluding hydrogens is 328 g/mol. The molecule has 1 aliphatic carbocycles. The van der Waals surface area contributed by atoms with Crippen molar-refractivity contribution in [1.29, 1.82) is 0 Å². The van der Waals surface area contributed by atoms with Gasteiger partial charge in [-0.25, -0.2) is 13.2 Å². The third kappa shape index (κ3) is 5.06. The molecule has 1 aromatic rings. The lowest BCUT2D eigenvalue weighted by Crippen LogP contribution is -2.36. The number of rotatable bonds is 7. The highest BCUT2D eigenvalue weighted by Crippen LogP contribution is 2.34. The first-order chi connectivity index (χ1) is 11.3. The Balaban J connectivity index is 2.20. The van der Waals surface area contributed by atoms with Gasteiger partial charge in [0, 0.05) is 12.2 Å². The molecule has 0 saturated heterocycles. The van der Waals surface area contributed by atoms with Crippen LogP contribution in [0.25, 0.3) is 0 Å². The van der Waals surface area contributed by atoms with Crippen molar-refractivity contribution in [3.63, 3.8) is 0 Å². The summed E-state index contributed by atoms with van der Waals surface area (Å²) in [5.74, 6) is 0.0310. The van der Waals surface area contributed by atoms with Crippen molar-refractivity contribution in [2.24, 2.45) is 11.7 Å². The molecule has 24 heavy (non-hydrogen) atoms. The molecule has 1 fully saturated rings. The number of hydrogen-bond acceptors (Lipinski definition) is 4. The first-order valence-corrected chi connectivity index (χ1v) is 10.0. The normalized spacial score (nSPS) is 16.7. The smallest absolute Gasteiger partial charge is 0.312 e. The van der Waals surface area contributed by atoms with E-state index in [-0.39, 0.29) is 23.1 Å². The van der Waals surface area contributed by atoms with E-state index in [0.29, 0.717) is 5.92 Å². The lowest BCUT2D eigenvalue weighted by atomic mass is 9.85. The molecule has 2 amide bonds. The molecule has 0 aromatic heterocycles. The van der Waals surface area contributed by atoms with Crippen molar-refractivity contribution in [3.8, 4) is 0 Å². The molecule has 0 aliphatic heterocycles. The Labute approximate surface area is 142 Å². The van der Waals surface area contributed by atoms with Crippen LogP contribution in [0.5, 0.6) is 0 Å². The summed E-state index contributed by atoms with van der Waals surface area (Å²) in [7, 11) is -3.27. The summed E-state index contributed by atoms with van der Waals surface area (Å²) in [6.07, 6.45) is 6.44. The summed E-state index contributed by atoms with van der Waals surface area (Å²) in [6, 6.07) is 5.72. The second kappa shape index (κ2) is 7.79. The van der Waals surface area contributed by atoms with Crippen LogP contribution in [0.4, 0.5) is 4.79 Å². The summed E-state index contributed by atoms with van der Waals surface area (Å²) < 4.78 is 23.2. The highest BCUT2D eigenvalue weighted by molar-refractivity contribution is 7.90. The minimum absolute atomic E-state index is 0.104. The predicted molar refractivity (Wildman–Crippen MR) is 91.5 cm³/mol. The number of carbonyl (C=O) groups is 2. The Bertz CT molecular complexity index is 692. The molecule has 6 nitrogen and oxygen atoms in total. The Morgan fingerprint density at radius 2 is 1.79 bits per heavy atom. The zero-order chi connectivity index (χ0) is 17.7. The number of Topliss-reactive ketones (excluding diaryl/α,β-unsaturated/α-hetero) is 1. The standard InChI is InChI=1S/C17H24N2O4S/c1-24(22,23)14-8-6-13(7-9-14)15(10-12-4-2-3-5-12)16(20)11-19-17(18)21/h6-9,12,15H,2-5,10-11H2,1H3,(H3,18,19,21). The Morgan fingerprint density at radius 1 is 1.21 bits per heavy atom. The predicted octanol–water partition coefficient (Wildman–Crippen LogP) is 1.99. The van der Waals surface area contributed by atoms with Gasteiger partial charge in [-0.3, -0.25) is 4.79 Å². The quantitative estimate of drug-likeness (QED) is 0.782. The van der Waals surface area contributed by atoms with Crippen LogP contribution >= 0.6 is 0 Å². The number of nitrogens with two attached hydrogens (primary N) is 1. The van der Waals surface area contributed by atoms with Crippen LogP contribution in [0.3, 0.4) is 0 Å². The van der Waals surface area contributed by atoms with E-state index >= 15 is 0 Å². The van der Waals surface area contributed by atoms with Crippen LogP contribution in [0.1, 0.15) is 43.6 Å². The van der Waals surface area contributed by atoms with E-state index in [1.54, 1.807) is 12.1 Å². The van der Waals surface area contributed by atoms with Crippen LogP contribution in [0, 0.1) is 5.92 Å². The monoisotopic (exact) mass is 352 g/mol. The fourth-order valence-corrected chi connectivity index (χ4v) is 3.91.